The van der Waals surface area contributed by atoms with Gasteiger partial charge in [-0.1, -0.05) is 35.7 Å². The van der Waals surface area contributed by atoms with Gasteiger partial charge in [-0.05, 0) is 38.0 Å². The molecule has 0 aromatic heterocycles. The second-order valence-electron chi connectivity index (χ2n) is 4.34. The van der Waals surface area contributed by atoms with Crippen LogP contribution >= 0.6 is 15.9 Å². The molecule has 1 atom stereocenters. The normalized spacial score (nSPS) is 12.2. The second-order valence-corrected chi connectivity index (χ2v) is 5.25. The Bertz CT molecular complexity index is 407. The van der Waals surface area contributed by atoms with E-state index in [1.807, 2.05) is 6.92 Å². The molecule has 0 bridgehead atoms. The summed E-state index contributed by atoms with van der Waals surface area (Å²) < 4.78 is 19.3. The predicted octanol–water partition coefficient (Wildman–Crippen LogP) is 4.71. The van der Waals surface area contributed by atoms with E-state index in [0.29, 0.717) is 4.47 Å². The third-order valence-corrected chi connectivity index (χ3v) is 3.17. The first-order valence-corrected chi connectivity index (χ1v) is 7.00. The molecule has 18 heavy (non-hydrogen) atoms. The Balaban J connectivity index is 2.54. The summed E-state index contributed by atoms with van der Waals surface area (Å²) >= 11 is 3.15. The standard InChI is InChI=1S/C14H18BrFO2/c1-3-4-5-6-10(2)18-14(17)12-8-7-11(15)9-13(12)16/h7-10H,3-6H2,1-2H3/t10-/m1/s1. The van der Waals surface area contributed by atoms with E-state index < -0.39 is 11.8 Å². The fraction of sp³-hybridized carbons (Fsp3) is 0.500. The maximum absolute atomic E-state index is 13.5. The van der Waals surface area contributed by atoms with Gasteiger partial charge in [0.25, 0.3) is 0 Å². The van der Waals surface area contributed by atoms with Crippen LogP contribution in [0.1, 0.15) is 49.9 Å². The molecule has 4 heteroatoms. The lowest BCUT2D eigenvalue weighted by atomic mass is 10.1. The molecule has 1 rings (SSSR count). The average molecular weight is 317 g/mol. The monoisotopic (exact) mass is 316 g/mol. The Kier molecular flexibility index (Phi) is 6.33. The van der Waals surface area contributed by atoms with Gasteiger partial charge < -0.3 is 4.74 Å². The average Bonchev–Trinajstić information content (AvgIpc) is 2.28. The number of hydrogen-bond donors (Lipinski definition) is 0. The molecule has 0 aliphatic rings. The van der Waals surface area contributed by atoms with Crippen molar-refractivity contribution >= 4 is 21.9 Å². The minimum Gasteiger partial charge on any atom is -0.459 e. The summed E-state index contributed by atoms with van der Waals surface area (Å²) in [5.41, 5.74) is -0.0134. The fourth-order valence-electron chi connectivity index (χ4n) is 1.64. The van der Waals surface area contributed by atoms with E-state index in [4.69, 9.17) is 4.74 Å². The van der Waals surface area contributed by atoms with Crippen molar-refractivity contribution in [2.45, 2.75) is 45.6 Å². The van der Waals surface area contributed by atoms with Gasteiger partial charge in [-0.25, -0.2) is 9.18 Å². The first kappa shape index (κ1) is 15.2. The lowest BCUT2D eigenvalue weighted by Crippen LogP contribution is -2.16. The maximum Gasteiger partial charge on any atom is 0.341 e. The topological polar surface area (TPSA) is 26.3 Å². The molecular formula is C14H18BrFO2. The van der Waals surface area contributed by atoms with Gasteiger partial charge in [-0.3, -0.25) is 0 Å². The number of carbonyl (C=O) groups excluding carboxylic acids is 1. The molecule has 0 unspecified atom stereocenters. The van der Waals surface area contributed by atoms with E-state index in [9.17, 15) is 9.18 Å². The molecule has 0 heterocycles. The van der Waals surface area contributed by atoms with E-state index in [1.165, 1.54) is 12.1 Å². The van der Waals surface area contributed by atoms with Crippen LogP contribution in [-0.2, 0) is 4.74 Å². The van der Waals surface area contributed by atoms with Crippen LogP contribution in [-0.4, -0.2) is 12.1 Å². The molecule has 0 radical (unpaired) electrons. The predicted molar refractivity (Wildman–Crippen MR) is 73.1 cm³/mol. The van der Waals surface area contributed by atoms with E-state index in [1.54, 1.807) is 6.07 Å². The van der Waals surface area contributed by atoms with Crippen molar-refractivity contribution in [3.8, 4) is 0 Å². The molecule has 1 aromatic carbocycles. The quantitative estimate of drug-likeness (QED) is 0.561. The Morgan fingerprint density at radius 3 is 2.78 bits per heavy atom. The van der Waals surface area contributed by atoms with Gasteiger partial charge in [0.2, 0.25) is 0 Å². The number of esters is 1. The van der Waals surface area contributed by atoms with Crippen molar-refractivity contribution in [1.29, 1.82) is 0 Å². The molecule has 100 valence electrons. The largest absolute Gasteiger partial charge is 0.459 e. The highest BCUT2D eigenvalue weighted by atomic mass is 79.9. The first-order valence-electron chi connectivity index (χ1n) is 6.20. The number of hydrogen-bond acceptors (Lipinski definition) is 2. The van der Waals surface area contributed by atoms with Crippen molar-refractivity contribution in [1.82, 2.24) is 0 Å². The van der Waals surface area contributed by atoms with Gasteiger partial charge in [0.1, 0.15) is 5.82 Å². The third kappa shape index (κ3) is 4.77. The number of ether oxygens (including phenoxy) is 1. The van der Waals surface area contributed by atoms with Gasteiger partial charge in [-0.2, -0.15) is 0 Å². The number of unbranched alkanes of at least 4 members (excludes halogenated alkanes) is 2. The van der Waals surface area contributed by atoms with Crippen LogP contribution in [0.25, 0.3) is 0 Å². The highest BCUT2D eigenvalue weighted by molar-refractivity contribution is 9.10. The van der Waals surface area contributed by atoms with Crippen molar-refractivity contribution in [2.24, 2.45) is 0 Å². The van der Waals surface area contributed by atoms with E-state index in [2.05, 4.69) is 22.9 Å². The Hall–Kier alpha value is -0.900. The van der Waals surface area contributed by atoms with Crippen LogP contribution in [0, 0.1) is 5.82 Å². The number of benzene rings is 1. The Labute approximate surface area is 116 Å². The molecule has 0 amide bonds. The highest BCUT2D eigenvalue weighted by Gasteiger charge is 2.16. The lowest BCUT2D eigenvalue weighted by Gasteiger charge is -2.13. The van der Waals surface area contributed by atoms with E-state index in [0.717, 1.165) is 25.7 Å². The minimum atomic E-state index is -0.594. The Morgan fingerprint density at radius 2 is 2.17 bits per heavy atom. The zero-order valence-corrected chi connectivity index (χ0v) is 12.3. The molecule has 0 aliphatic heterocycles. The molecule has 0 aliphatic carbocycles. The van der Waals surface area contributed by atoms with Crippen molar-refractivity contribution in [3.63, 3.8) is 0 Å². The number of carbonyl (C=O) groups is 1. The van der Waals surface area contributed by atoms with Gasteiger partial charge in [0.05, 0.1) is 11.7 Å². The number of halogens is 2. The molecule has 0 saturated carbocycles. The molecule has 0 N–H and O–H groups in total. The van der Waals surface area contributed by atoms with Crippen LogP contribution in [0.4, 0.5) is 4.39 Å². The molecule has 2 nitrogen and oxygen atoms in total. The fourth-order valence-corrected chi connectivity index (χ4v) is 1.98. The molecule has 0 spiro atoms. The van der Waals surface area contributed by atoms with Gasteiger partial charge in [-0.15, -0.1) is 0 Å². The third-order valence-electron chi connectivity index (χ3n) is 2.67. The molecule has 1 aromatic rings. The van der Waals surface area contributed by atoms with Crippen LogP contribution in [0.3, 0.4) is 0 Å². The van der Waals surface area contributed by atoms with Gasteiger partial charge in [0.15, 0.2) is 0 Å². The Morgan fingerprint density at radius 1 is 1.44 bits per heavy atom. The van der Waals surface area contributed by atoms with Crippen LogP contribution in [0.2, 0.25) is 0 Å². The summed E-state index contributed by atoms with van der Waals surface area (Å²) in [6.45, 7) is 3.96. The van der Waals surface area contributed by atoms with E-state index >= 15 is 0 Å². The number of rotatable bonds is 6. The summed E-state index contributed by atoms with van der Waals surface area (Å²) in [5, 5.41) is 0. The lowest BCUT2D eigenvalue weighted by molar-refractivity contribution is 0.0314. The zero-order valence-electron chi connectivity index (χ0n) is 10.7. The highest BCUT2D eigenvalue weighted by Crippen LogP contribution is 2.17. The molecule has 0 fully saturated rings. The first-order chi connectivity index (χ1) is 8.54. The summed E-state index contributed by atoms with van der Waals surface area (Å²) in [5.74, 6) is -1.15. The van der Waals surface area contributed by atoms with E-state index in [-0.39, 0.29) is 11.7 Å². The minimum absolute atomic E-state index is 0.0134. The van der Waals surface area contributed by atoms with Gasteiger partial charge >= 0.3 is 5.97 Å². The SMILES string of the molecule is CCCCC[C@@H](C)OC(=O)c1ccc(Br)cc1F. The zero-order chi connectivity index (χ0) is 13.5. The summed E-state index contributed by atoms with van der Waals surface area (Å²) in [6.07, 6.45) is 3.91. The second kappa shape index (κ2) is 7.52. The molecular weight excluding hydrogens is 299 g/mol. The van der Waals surface area contributed by atoms with Crippen LogP contribution in [0.15, 0.2) is 22.7 Å². The van der Waals surface area contributed by atoms with Crippen LogP contribution in [0.5, 0.6) is 0 Å². The summed E-state index contributed by atoms with van der Waals surface area (Å²) in [6, 6.07) is 4.32. The summed E-state index contributed by atoms with van der Waals surface area (Å²) in [4.78, 5) is 11.7. The van der Waals surface area contributed by atoms with Crippen molar-refractivity contribution in [3.05, 3.63) is 34.1 Å². The van der Waals surface area contributed by atoms with Crippen molar-refractivity contribution < 1.29 is 13.9 Å². The summed E-state index contributed by atoms with van der Waals surface area (Å²) in [7, 11) is 0. The molecule has 0 saturated heterocycles. The van der Waals surface area contributed by atoms with Crippen LogP contribution < -0.4 is 0 Å². The maximum atomic E-state index is 13.5. The smallest absolute Gasteiger partial charge is 0.341 e. The van der Waals surface area contributed by atoms with Gasteiger partial charge in [0, 0.05) is 4.47 Å². The van der Waals surface area contributed by atoms with Crippen molar-refractivity contribution in [2.75, 3.05) is 0 Å².